The average molecular weight is 223 g/mol. The van der Waals surface area contributed by atoms with Gasteiger partial charge in [-0.15, -0.1) is 0 Å². The van der Waals surface area contributed by atoms with Gasteiger partial charge in [0.2, 0.25) is 0 Å². The SMILES string of the molecule is COc1ccccc1C(=O)NCCCCO. The highest BCUT2D eigenvalue weighted by Crippen LogP contribution is 2.16. The first-order valence-electron chi connectivity index (χ1n) is 5.31. The monoisotopic (exact) mass is 223 g/mol. The van der Waals surface area contributed by atoms with E-state index in [1.807, 2.05) is 6.07 Å². The second-order valence-electron chi connectivity index (χ2n) is 3.39. The van der Waals surface area contributed by atoms with Crippen molar-refractivity contribution in [2.45, 2.75) is 12.8 Å². The summed E-state index contributed by atoms with van der Waals surface area (Å²) in [6.07, 6.45) is 1.48. The van der Waals surface area contributed by atoms with Crippen LogP contribution < -0.4 is 10.1 Å². The van der Waals surface area contributed by atoms with E-state index in [9.17, 15) is 4.79 Å². The summed E-state index contributed by atoms with van der Waals surface area (Å²) >= 11 is 0. The number of unbranched alkanes of at least 4 members (excludes halogenated alkanes) is 1. The molecule has 0 bridgehead atoms. The van der Waals surface area contributed by atoms with Crippen LogP contribution >= 0.6 is 0 Å². The van der Waals surface area contributed by atoms with Crippen LogP contribution in [0.2, 0.25) is 0 Å². The van der Waals surface area contributed by atoms with Crippen molar-refractivity contribution in [2.75, 3.05) is 20.3 Å². The zero-order chi connectivity index (χ0) is 11.8. The number of rotatable bonds is 6. The number of benzene rings is 1. The zero-order valence-corrected chi connectivity index (χ0v) is 9.40. The van der Waals surface area contributed by atoms with Crippen molar-refractivity contribution < 1.29 is 14.6 Å². The topological polar surface area (TPSA) is 58.6 Å². The maximum atomic E-state index is 11.7. The summed E-state index contributed by atoms with van der Waals surface area (Å²) in [5, 5.41) is 11.4. The maximum absolute atomic E-state index is 11.7. The fourth-order valence-electron chi connectivity index (χ4n) is 1.37. The van der Waals surface area contributed by atoms with Gasteiger partial charge < -0.3 is 15.2 Å². The number of aliphatic hydroxyl groups is 1. The summed E-state index contributed by atoms with van der Waals surface area (Å²) in [7, 11) is 1.54. The van der Waals surface area contributed by atoms with E-state index in [0.717, 1.165) is 6.42 Å². The molecule has 0 radical (unpaired) electrons. The lowest BCUT2D eigenvalue weighted by Crippen LogP contribution is -2.25. The molecule has 0 aliphatic carbocycles. The van der Waals surface area contributed by atoms with Gasteiger partial charge in [0.05, 0.1) is 12.7 Å². The fraction of sp³-hybridized carbons (Fsp3) is 0.417. The Labute approximate surface area is 95.2 Å². The van der Waals surface area contributed by atoms with Crippen molar-refractivity contribution in [1.82, 2.24) is 5.32 Å². The Morgan fingerprint density at radius 1 is 1.38 bits per heavy atom. The van der Waals surface area contributed by atoms with Crippen LogP contribution in [0.15, 0.2) is 24.3 Å². The number of ether oxygens (including phenoxy) is 1. The van der Waals surface area contributed by atoms with E-state index in [-0.39, 0.29) is 12.5 Å². The Morgan fingerprint density at radius 2 is 2.12 bits per heavy atom. The molecule has 0 spiro atoms. The standard InChI is InChI=1S/C12H17NO3/c1-16-11-7-3-2-6-10(11)12(15)13-8-4-5-9-14/h2-3,6-7,14H,4-5,8-9H2,1H3,(H,13,15). The Hall–Kier alpha value is -1.55. The quantitative estimate of drug-likeness (QED) is 0.712. The molecule has 0 unspecified atom stereocenters. The predicted molar refractivity (Wildman–Crippen MR) is 61.6 cm³/mol. The molecule has 0 fully saturated rings. The summed E-state index contributed by atoms with van der Waals surface area (Å²) in [4.78, 5) is 11.7. The van der Waals surface area contributed by atoms with E-state index in [2.05, 4.69) is 5.32 Å². The number of hydrogen-bond acceptors (Lipinski definition) is 3. The number of hydrogen-bond donors (Lipinski definition) is 2. The smallest absolute Gasteiger partial charge is 0.255 e. The molecule has 0 saturated heterocycles. The molecule has 2 N–H and O–H groups in total. The number of carbonyl (C=O) groups excluding carboxylic acids is 1. The van der Waals surface area contributed by atoms with Crippen LogP contribution in [0, 0.1) is 0 Å². The molecule has 88 valence electrons. The van der Waals surface area contributed by atoms with Gasteiger partial charge in [-0.3, -0.25) is 4.79 Å². The highest BCUT2D eigenvalue weighted by molar-refractivity contribution is 5.96. The normalized spacial score (nSPS) is 9.88. The first-order valence-corrected chi connectivity index (χ1v) is 5.31. The third-order valence-corrected chi connectivity index (χ3v) is 2.22. The highest BCUT2D eigenvalue weighted by atomic mass is 16.5. The Bertz CT molecular complexity index is 339. The third kappa shape index (κ3) is 3.55. The fourth-order valence-corrected chi connectivity index (χ4v) is 1.37. The molecule has 0 aliphatic heterocycles. The lowest BCUT2D eigenvalue weighted by Gasteiger charge is -2.08. The highest BCUT2D eigenvalue weighted by Gasteiger charge is 2.09. The van der Waals surface area contributed by atoms with Gasteiger partial charge >= 0.3 is 0 Å². The molecule has 4 heteroatoms. The molecule has 0 aliphatic rings. The molecule has 4 nitrogen and oxygen atoms in total. The minimum atomic E-state index is -0.143. The molecular weight excluding hydrogens is 206 g/mol. The van der Waals surface area contributed by atoms with Crippen LogP contribution in [-0.2, 0) is 0 Å². The van der Waals surface area contributed by atoms with Crippen LogP contribution in [-0.4, -0.2) is 31.3 Å². The van der Waals surface area contributed by atoms with Crippen LogP contribution in [0.1, 0.15) is 23.2 Å². The summed E-state index contributed by atoms with van der Waals surface area (Å²) < 4.78 is 5.09. The Morgan fingerprint density at radius 3 is 2.81 bits per heavy atom. The van der Waals surface area contributed by atoms with E-state index < -0.39 is 0 Å². The van der Waals surface area contributed by atoms with Crippen LogP contribution in [0.5, 0.6) is 5.75 Å². The molecule has 0 saturated carbocycles. The van der Waals surface area contributed by atoms with Gasteiger partial charge in [-0.05, 0) is 25.0 Å². The molecule has 1 aromatic carbocycles. The summed E-state index contributed by atoms with van der Waals surface area (Å²) in [5.74, 6) is 0.428. The second kappa shape index (κ2) is 6.85. The van der Waals surface area contributed by atoms with E-state index in [1.165, 1.54) is 7.11 Å². The van der Waals surface area contributed by atoms with E-state index in [1.54, 1.807) is 18.2 Å². The van der Waals surface area contributed by atoms with E-state index in [0.29, 0.717) is 24.3 Å². The minimum absolute atomic E-state index is 0.143. The van der Waals surface area contributed by atoms with Gasteiger partial charge in [-0.1, -0.05) is 12.1 Å². The first-order chi connectivity index (χ1) is 7.79. The Kier molecular flexibility index (Phi) is 5.36. The van der Waals surface area contributed by atoms with Crippen molar-refractivity contribution in [1.29, 1.82) is 0 Å². The predicted octanol–water partition coefficient (Wildman–Crippen LogP) is 1.20. The minimum Gasteiger partial charge on any atom is -0.496 e. The third-order valence-electron chi connectivity index (χ3n) is 2.22. The lowest BCUT2D eigenvalue weighted by atomic mass is 10.2. The van der Waals surface area contributed by atoms with Crippen LogP contribution in [0.25, 0.3) is 0 Å². The number of carbonyl (C=O) groups is 1. The maximum Gasteiger partial charge on any atom is 0.255 e. The number of nitrogens with one attached hydrogen (secondary N) is 1. The van der Waals surface area contributed by atoms with Crippen molar-refractivity contribution in [3.05, 3.63) is 29.8 Å². The second-order valence-corrected chi connectivity index (χ2v) is 3.39. The lowest BCUT2D eigenvalue weighted by molar-refractivity contribution is 0.0949. The van der Waals surface area contributed by atoms with Crippen molar-refractivity contribution in [3.63, 3.8) is 0 Å². The Balaban J connectivity index is 2.52. The van der Waals surface area contributed by atoms with Gasteiger partial charge in [-0.25, -0.2) is 0 Å². The summed E-state index contributed by atoms with van der Waals surface area (Å²) in [5.41, 5.74) is 0.536. The van der Waals surface area contributed by atoms with Crippen LogP contribution in [0.3, 0.4) is 0 Å². The largest absolute Gasteiger partial charge is 0.496 e. The van der Waals surface area contributed by atoms with E-state index in [4.69, 9.17) is 9.84 Å². The van der Waals surface area contributed by atoms with Crippen molar-refractivity contribution in [3.8, 4) is 5.75 Å². The first kappa shape index (κ1) is 12.5. The molecule has 1 amide bonds. The average Bonchev–Trinajstić information content (AvgIpc) is 2.34. The molecule has 0 heterocycles. The number of aliphatic hydroxyl groups excluding tert-OH is 1. The van der Waals surface area contributed by atoms with Gasteiger partial charge in [0, 0.05) is 13.2 Å². The molecule has 16 heavy (non-hydrogen) atoms. The summed E-state index contributed by atoms with van der Waals surface area (Å²) in [6.45, 7) is 0.724. The molecule has 0 aromatic heterocycles. The van der Waals surface area contributed by atoms with Crippen molar-refractivity contribution in [2.24, 2.45) is 0 Å². The molecular formula is C12H17NO3. The van der Waals surface area contributed by atoms with Gasteiger partial charge in [0.25, 0.3) is 5.91 Å². The van der Waals surface area contributed by atoms with E-state index >= 15 is 0 Å². The molecule has 1 aromatic rings. The number of amides is 1. The van der Waals surface area contributed by atoms with Gasteiger partial charge in [0.15, 0.2) is 0 Å². The summed E-state index contributed by atoms with van der Waals surface area (Å²) in [6, 6.07) is 7.09. The zero-order valence-electron chi connectivity index (χ0n) is 9.40. The molecule has 0 atom stereocenters. The molecule has 1 rings (SSSR count). The van der Waals surface area contributed by atoms with Gasteiger partial charge in [-0.2, -0.15) is 0 Å². The number of para-hydroxylation sites is 1. The van der Waals surface area contributed by atoms with Gasteiger partial charge in [0.1, 0.15) is 5.75 Å². The number of methoxy groups -OCH3 is 1. The van der Waals surface area contributed by atoms with Crippen molar-refractivity contribution >= 4 is 5.91 Å². The van der Waals surface area contributed by atoms with Crippen LogP contribution in [0.4, 0.5) is 0 Å².